The fourth-order valence-electron chi connectivity index (χ4n) is 1.46. The molecule has 0 fully saturated rings. The molecule has 1 aromatic carbocycles. The first-order valence-electron chi connectivity index (χ1n) is 5.21. The zero-order valence-corrected chi connectivity index (χ0v) is 9.09. The summed E-state index contributed by atoms with van der Waals surface area (Å²) in [4.78, 5) is 17.9. The quantitative estimate of drug-likeness (QED) is 0.823. The number of rotatable bonds is 5. The van der Waals surface area contributed by atoms with Crippen LogP contribution >= 0.6 is 0 Å². The van der Waals surface area contributed by atoms with Gasteiger partial charge in [0.1, 0.15) is 17.1 Å². The van der Waals surface area contributed by atoms with E-state index < -0.39 is 5.97 Å². The summed E-state index contributed by atoms with van der Waals surface area (Å²) in [5, 5.41) is 8.95. The molecule has 2 N–H and O–H groups in total. The topological polar surface area (TPSA) is 75.2 Å². The summed E-state index contributed by atoms with van der Waals surface area (Å²) in [6.45, 7) is 0.387. The van der Waals surface area contributed by atoms with Crippen LogP contribution in [0, 0.1) is 0 Å². The fourth-order valence-corrected chi connectivity index (χ4v) is 1.46. The lowest BCUT2D eigenvalue weighted by Gasteiger charge is -2.07. The number of carboxylic acids is 1. The highest BCUT2D eigenvalue weighted by Gasteiger charge is 2.09. The summed E-state index contributed by atoms with van der Waals surface area (Å²) in [5.74, 6) is 0.211. The predicted molar refractivity (Wildman–Crippen MR) is 61.2 cm³/mol. The first kappa shape index (κ1) is 11.2. The maximum atomic E-state index is 10.9. The predicted octanol–water partition coefficient (Wildman–Crippen LogP) is 1.73. The zero-order chi connectivity index (χ0) is 12.1. The van der Waals surface area contributed by atoms with Gasteiger partial charge in [-0.25, -0.2) is 9.78 Å². The van der Waals surface area contributed by atoms with Crippen LogP contribution in [-0.2, 0) is 6.42 Å². The maximum Gasteiger partial charge on any atom is 0.339 e. The number of ether oxygens (including phenoxy) is 1. The molecular weight excluding hydrogens is 220 g/mol. The Morgan fingerprint density at radius 2 is 2.24 bits per heavy atom. The smallest absolute Gasteiger partial charge is 0.339 e. The Balaban J connectivity index is 1.97. The van der Waals surface area contributed by atoms with Crippen LogP contribution in [0.3, 0.4) is 0 Å². The molecule has 2 aromatic rings. The van der Waals surface area contributed by atoms with Gasteiger partial charge in [0.2, 0.25) is 0 Å². The molecule has 0 saturated heterocycles. The van der Waals surface area contributed by atoms with Crippen LogP contribution in [0.25, 0.3) is 0 Å². The Morgan fingerprint density at radius 1 is 1.41 bits per heavy atom. The number of nitrogens with one attached hydrogen (secondary N) is 1. The molecule has 0 atom stereocenters. The molecule has 0 aliphatic heterocycles. The number of carbonyl (C=O) groups is 1. The van der Waals surface area contributed by atoms with Crippen molar-refractivity contribution >= 4 is 5.97 Å². The van der Waals surface area contributed by atoms with Crippen LogP contribution in [-0.4, -0.2) is 27.7 Å². The van der Waals surface area contributed by atoms with Crippen molar-refractivity contribution in [1.29, 1.82) is 0 Å². The standard InChI is InChI=1S/C12H12N2O3/c15-12(16)9-3-1-2-4-10(9)17-8-5-11-13-6-7-14-11/h1-4,6-7H,5,8H2,(H,13,14)(H,15,16). The molecule has 0 saturated carbocycles. The number of para-hydroxylation sites is 1. The number of aromatic carboxylic acids is 1. The summed E-state index contributed by atoms with van der Waals surface area (Å²) < 4.78 is 5.43. The van der Waals surface area contributed by atoms with Gasteiger partial charge in [-0.3, -0.25) is 0 Å². The third-order valence-electron chi connectivity index (χ3n) is 2.27. The number of hydrogen-bond acceptors (Lipinski definition) is 3. The van der Waals surface area contributed by atoms with Gasteiger partial charge in [-0.15, -0.1) is 0 Å². The minimum absolute atomic E-state index is 0.173. The second-order valence-corrected chi connectivity index (χ2v) is 3.44. The number of benzene rings is 1. The molecule has 5 nitrogen and oxygen atoms in total. The molecule has 88 valence electrons. The van der Waals surface area contributed by atoms with Gasteiger partial charge in [-0.05, 0) is 12.1 Å². The molecule has 1 aromatic heterocycles. The van der Waals surface area contributed by atoms with Gasteiger partial charge in [-0.1, -0.05) is 12.1 Å². The highest BCUT2D eigenvalue weighted by atomic mass is 16.5. The van der Waals surface area contributed by atoms with Gasteiger partial charge in [-0.2, -0.15) is 0 Å². The van der Waals surface area contributed by atoms with E-state index in [-0.39, 0.29) is 5.56 Å². The molecule has 0 aliphatic carbocycles. The summed E-state index contributed by atoms with van der Waals surface area (Å²) >= 11 is 0. The molecule has 17 heavy (non-hydrogen) atoms. The summed E-state index contributed by atoms with van der Waals surface area (Å²) in [7, 11) is 0. The lowest BCUT2D eigenvalue weighted by Crippen LogP contribution is -2.06. The summed E-state index contributed by atoms with van der Waals surface area (Å²) in [6, 6.07) is 6.58. The van der Waals surface area contributed by atoms with Gasteiger partial charge in [0.25, 0.3) is 0 Å². The second-order valence-electron chi connectivity index (χ2n) is 3.44. The monoisotopic (exact) mass is 232 g/mol. The van der Waals surface area contributed by atoms with Gasteiger partial charge in [0.05, 0.1) is 6.61 Å². The van der Waals surface area contributed by atoms with E-state index in [0.717, 1.165) is 5.82 Å². The molecule has 0 spiro atoms. The van der Waals surface area contributed by atoms with Crippen LogP contribution in [0.15, 0.2) is 36.7 Å². The third-order valence-corrected chi connectivity index (χ3v) is 2.27. The van der Waals surface area contributed by atoms with Crippen molar-refractivity contribution < 1.29 is 14.6 Å². The van der Waals surface area contributed by atoms with E-state index in [1.54, 1.807) is 30.6 Å². The van der Waals surface area contributed by atoms with Gasteiger partial charge in [0, 0.05) is 18.8 Å². The molecule has 0 radical (unpaired) electrons. The van der Waals surface area contributed by atoms with Gasteiger partial charge >= 0.3 is 5.97 Å². The van der Waals surface area contributed by atoms with Crippen molar-refractivity contribution in [2.24, 2.45) is 0 Å². The zero-order valence-electron chi connectivity index (χ0n) is 9.09. The lowest BCUT2D eigenvalue weighted by molar-refractivity contribution is 0.0692. The van der Waals surface area contributed by atoms with E-state index in [2.05, 4.69) is 9.97 Å². The van der Waals surface area contributed by atoms with E-state index in [1.807, 2.05) is 0 Å². The molecule has 0 amide bonds. The Kier molecular flexibility index (Phi) is 3.40. The molecule has 0 bridgehead atoms. The molecular formula is C12H12N2O3. The van der Waals surface area contributed by atoms with Crippen LogP contribution < -0.4 is 4.74 Å². The van der Waals surface area contributed by atoms with Crippen LogP contribution in [0.1, 0.15) is 16.2 Å². The van der Waals surface area contributed by atoms with Crippen molar-refractivity contribution in [3.8, 4) is 5.75 Å². The fraction of sp³-hybridized carbons (Fsp3) is 0.167. The van der Waals surface area contributed by atoms with Crippen LogP contribution in [0.4, 0.5) is 0 Å². The highest BCUT2D eigenvalue weighted by Crippen LogP contribution is 2.17. The number of imidazole rings is 1. The Morgan fingerprint density at radius 3 is 2.94 bits per heavy atom. The van der Waals surface area contributed by atoms with E-state index in [9.17, 15) is 4.79 Å². The largest absolute Gasteiger partial charge is 0.492 e. The van der Waals surface area contributed by atoms with E-state index in [1.165, 1.54) is 6.07 Å². The minimum atomic E-state index is -0.987. The normalized spacial score (nSPS) is 10.1. The summed E-state index contributed by atoms with van der Waals surface area (Å²) in [5.41, 5.74) is 0.173. The maximum absolute atomic E-state index is 10.9. The van der Waals surface area contributed by atoms with Crippen molar-refractivity contribution in [3.63, 3.8) is 0 Å². The molecule has 2 rings (SSSR count). The number of aromatic amines is 1. The minimum Gasteiger partial charge on any atom is -0.492 e. The van der Waals surface area contributed by atoms with E-state index in [0.29, 0.717) is 18.8 Å². The summed E-state index contributed by atoms with van der Waals surface area (Å²) in [6.07, 6.45) is 4.02. The first-order valence-corrected chi connectivity index (χ1v) is 5.21. The van der Waals surface area contributed by atoms with Crippen LogP contribution in [0.2, 0.25) is 0 Å². The van der Waals surface area contributed by atoms with Gasteiger partial charge in [0.15, 0.2) is 0 Å². The van der Waals surface area contributed by atoms with Crippen molar-refractivity contribution in [2.75, 3.05) is 6.61 Å². The van der Waals surface area contributed by atoms with Crippen molar-refractivity contribution in [3.05, 3.63) is 48.0 Å². The average Bonchev–Trinajstić information content (AvgIpc) is 2.82. The van der Waals surface area contributed by atoms with E-state index in [4.69, 9.17) is 9.84 Å². The second kappa shape index (κ2) is 5.16. The number of H-pyrrole nitrogens is 1. The van der Waals surface area contributed by atoms with Gasteiger partial charge < -0.3 is 14.8 Å². The SMILES string of the molecule is O=C(O)c1ccccc1OCCc1ncc[nH]1. The number of carboxylic acid groups (broad SMARTS) is 1. The van der Waals surface area contributed by atoms with Crippen LogP contribution in [0.5, 0.6) is 5.75 Å². The Labute approximate surface area is 98.1 Å². The molecule has 0 aliphatic rings. The number of nitrogens with zero attached hydrogens (tertiary/aromatic N) is 1. The molecule has 0 unspecified atom stereocenters. The first-order chi connectivity index (χ1) is 8.27. The van der Waals surface area contributed by atoms with E-state index >= 15 is 0 Å². The van der Waals surface area contributed by atoms with Crippen molar-refractivity contribution in [1.82, 2.24) is 9.97 Å². The Bertz CT molecular complexity index is 494. The molecule has 1 heterocycles. The third kappa shape index (κ3) is 2.84. The lowest BCUT2D eigenvalue weighted by atomic mass is 10.2. The van der Waals surface area contributed by atoms with Crippen molar-refractivity contribution in [2.45, 2.75) is 6.42 Å². The Hall–Kier alpha value is -2.30. The molecule has 5 heteroatoms. The highest BCUT2D eigenvalue weighted by molar-refractivity contribution is 5.90. The average molecular weight is 232 g/mol. The number of aromatic nitrogens is 2. The number of hydrogen-bond donors (Lipinski definition) is 2.